The Morgan fingerprint density at radius 3 is 2.59 bits per heavy atom. The number of hydrogen-bond donors (Lipinski definition) is 4. The average Bonchev–Trinajstić information content (AvgIpc) is 3.25. The number of benzene rings is 2. The SMILES string of the molecule is Cc1nc(N)ccc1CNC(=O)[C@H](Cc1ccc(Cl)c(Cl)c1)NC(=O)c1cc2ccccc2[nH]1. The molecule has 4 rings (SSSR count). The fourth-order valence-electron chi connectivity index (χ4n) is 3.64. The van der Waals surface area contributed by atoms with Gasteiger partial charge in [-0.1, -0.05) is 53.5 Å². The number of nitrogens with one attached hydrogen (secondary N) is 3. The van der Waals surface area contributed by atoms with Crippen LogP contribution in [0, 0.1) is 6.92 Å². The van der Waals surface area contributed by atoms with Gasteiger partial charge in [-0.25, -0.2) is 4.98 Å². The summed E-state index contributed by atoms with van der Waals surface area (Å²) in [5, 5.41) is 7.43. The highest BCUT2D eigenvalue weighted by Crippen LogP contribution is 2.23. The molecule has 2 aromatic heterocycles. The lowest BCUT2D eigenvalue weighted by Crippen LogP contribution is -2.48. The Hall–Kier alpha value is -3.55. The number of halogens is 2. The minimum Gasteiger partial charge on any atom is -0.384 e. The summed E-state index contributed by atoms with van der Waals surface area (Å²) in [4.78, 5) is 33.5. The molecule has 0 saturated heterocycles. The fraction of sp³-hybridized carbons (Fsp3) is 0.160. The zero-order chi connectivity index (χ0) is 24.2. The molecule has 0 radical (unpaired) electrons. The van der Waals surface area contributed by atoms with Crippen LogP contribution in [0.3, 0.4) is 0 Å². The number of fused-ring (bicyclic) bond motifs is 1. The second-order valence-electron chi connectivity index (χ2n) is 7.95. The minimum atomic E-state index is -0.849. The third-order valence-electron chi connectivity index (χ3n) is 5.49. The molecule has 0 spiro atoms. The molecule has 2 amide bonds. The molecule has 34 heavy (non-hydrogen) atoms. The Morgan fingerprint density at radius 2 is 1.85 bits per heavy atom. The van der Waals surface area contributed by atoms with Gasteiger partial charge in [-0.05, 0) is 48.4 Å². The van der Waals surface area contributed by atoms with E-state index in [9.17, 15) is 9.59 Å². The molecule has 174 valence electrons. The predicted octanol–water partition coefficient (Wildman–Crippen LogP) is 4.42. The molecular formula is C25H23Cl2N5O2. The highest BCUT2D eigenvalue weighted by molar-refractivity contribution is 6.42. The number of H-pyrrole nitrogens is 1. The van der Waals surface area contributed by atoms with Gasteiger partial charge in [-0.2, -0.15) is 0 Å². The molecule has 2 heterocycles. The van der Waals surface area contributed by atoms with Crippen molar-refractivity contribution in [1.29, 1.82) is 0 Å². The van der Waals surface area contributed by atoms with E-state index < -0.39 is 6.04 Å². The number of anilines is 1. The Kier molecular flexibility index (Phi) is 7.05. The Labute approximate surface area is 206 Å². The van der Waals surface area contributed by atoms with Crippen molar-refractivity contribution in [2.24, 2.45) is 0 Å². The number of hydrogen-bond acceptors (Lipinski definition) is 4. The van der Waals surface area contributed by atoms with Crippen molar-refractivity contribution in [3.05, 3.63) is 93.2 Å². The molecule has 0 unspecified atom stereocenters. The Balaban J connectivity index is 1.54. The third kappa shape index (κ3) is 5.50. The highest BCUT2D eigenvalue weighted by Gasteiger charge is 2.23. The van der Waals surface area contributed by atoms with Gasteiger partial charge in [0.15, 0.2) is 0 Å². The van der Waals surface area contributed by atoms with Gasteiger partial charge in [0.1, 0.15) is 17.6 Å². The summed E-state index contributed by atoms with van der Waals surface area (Å²) in [6.45, 7) is 2.07. The molecule has 0 aliphatic rings. The number of nitrogens with two attached hydrogens (primary N) is 1. The van der Waals surface area contributed by atoms with Gasteiger partial charge in [0.25, 0.3) is 5.91 Å². The second kappa shape index (κ2) is 10.2. The quantitative estimate of drug-likeness (QED) is 0.304. The van der Waals surface area contributed by atoms with E-state index >= 15 is 0 Å². The zero-order valence-corrected chi connectivity index (χ0v) is 19.9. The number of aromatic nitrogens is 2. The van der Waals surface area contributed by atoms with Crippen molar-refractivity contribution >= 4 is 51.7 Å². The smallest absolute Gasteiger partial charge is 0.268 e. The number of para-hydroxylation sites is 1. The highest BCUT2D eigenvalue weighted by atomic mass is 35.5. The van der Waals surface area contributed by atoms with E-state index in [1.165, 1.54) is 0 Å². The molecule has 2 aromatic carbocycles. The van der Waals surface area contributed by atoms with Gasteiger partial charge in [0, 0.05) is 29.6 Å². The van der Waals surface area contributed by atoms with Crippen molar-refractivity contribution in [3.8, 4) is 0 Å². The van der Waals surface area contributed by atoms with Crippen molar-refractivity contribution < 1.29 is 9.59 Å². The molecule has 0 fully saturated rings. The maximum atomic E-state index is 13.1. The van der Waals surface area contributed by atoms with Crippen LogP contribution in [0.2, 0.25) is 10.0 Å². The number of pyridine rings is 1. The molecule has 0 aliphatic heterocycles. The van der Waals surface area contributed by atoms with Crippen molar-refractivity contribution in [2.45, 2.75) is 25.9 Å². The van der Waals surface area contributed by atoms with Crippen molar-refractivity contribution in [1.82, 2.24) is 20.6 Å². The summed E-state index contributed by atoms with van der Waals surface area (Å²) < 4.78 is 0. The lowest BCUT2D eigenvalue weighted by molar-refractivity contribution is -0.123. The van der Waals surface area contributed by atoms with E-state index in [2.05, 4.69) is 20.6 Å². The van der Waals surface area contributed by atoms with Crippen LogP contribution in [-0.2, 0) is 17.8 Å². The van der Waals surface area contributed by atoms with Crippen LogP contribution in [0.5, 0.6) is 0 Å². The Bertz CT molecular complexity index is 1340. The van der Waals surface area contributed by atoms with Crippen LogP contribution in [0.4, 0.5) is 5.82 Å². The lowest BCUT2D eigenvalue weighted by Gasteiger charge is -2.19. The molecule has 0 saturated carbocycles. The van der Waals surface area contributed by atoms with Crippen molar-refractivity contribution in [3.63, 3.8) is 0 Å². The van der Waals surface area contributed by atoms with Gasteiger partial charge in [-0.15, -0.1) is 0 Å². The van der Waals surface area contributed by atoms with E-state index in [-0.39, 0.29) is 24.8 Å². The number of amides is 2. The number of nitrogens with zero attached hydrogens (tertiary/aromatic N) is 1. The molecular weight excluding hydrogens is 473 g/mol. The maximum absolute atomic E-state index is 13.1. The largest absolute Gasteiger partial charge is 0.384 e. The minimum absolute atomic E-state index is 0.230. The lowest BCUT2D eigenvalue weighted by atomic mass is 10.0. The van der Waals surface area contributed by atoms with Crippen LogP contribution in [0.1, 0.15) is 27.3 Å². The first kappa shape index (κ1) is 23.6. The first-order valence-corrected chi connectivity index (χ1v) is 11.4. The molecule has 0 bridgehead atoms. The summed E-state index contributed by atoms with van der Waals surface area (Å²) in [5.74, 6) is -0.316. The monoisotopic (exact) mass is 495 g/mol. The number of carbonyl (C=O) groups is 2. The van der Waals surface area contributed by atoms with E-state index in [0.29, 0.717) is 21.6 Å². The van der Waals surface area contributed by atoms with E-state index in [1.54, 1.807) is 30.3 Å². The van der Waals surface area contributed by atoms with Gasteiger partial charge in [0.2, 0.25) is 5.91 Å². The van der Waals surface area contributed by atoms with Crippen LogP contribution < -0.4 is 16.4 Å². The van der Waals surface area contributed by atoms with E-state index in [4.69, 9.17) is 28.9 Å². The average molecular weight is 496 g/mol. The third-order valence-corrected chi connectivity index (χ3v) is 6.23. The molecule has 1 atom stereocenters. The van der Waals surface area contributed by atoms with Crippen LogP contribution >= 0.6 is 23.2 Å². The van der Waals surface area contributed by atoms with Gasteiger partial charge >= 0.3 is 0 Å². The van der Waals surface area contributed by atoms with Gasteiger partial charge in [0.05, 0.1) is 10.0 Å². The number of rotatable bonds is 7. The first-order valence-electron chi connectivity index (χ1n) is 10.6. The second-order valence-corrected chi connectivity index (χ2v) is 8.76. The van der Waals surface area contributed by atoms with Crippen LogP contribution in [-0.4, -0.2) is 27.8 Å². The number of nitrogen functional groups attached to an aromatic ring is 1. The van der Waals surface area contributed by atoms with Gasteiger partial charge in [-0.3, -0.25) is 9.59 Å². The topological polar surface area (TPSA) is 113 Å². The van der Waals surface area contributed by atoms with Crippen LogP contribution in [0.25, 0.3) is 10.9 Å². The van der Waals surface area contributed by atoms with E-state index in [0.717, 1.165) is 27.7 Å². The Morgan fingerprint density at radius 1 is 1.06 bits per heavy atom. The summed E-state index contributed by atoms with van der Waals surface area (Å²) in [6, 6.07) is 17.1. The van der Waals surface area contributed by atoms with Crippen LogP contribution in [0.15, 0.2) is 60.7 Å². The molecule has 5 N–H and O–H groups in total. The normalized spacial score (nSPS) is 11.9. The van der Waals surface area contributed by atoms with E-state index in [1.807, 2.05) is 37.3 Å². The molecule has 7 nitrogen and oxygen atoms in total. The number of aromatic amines is 1. The standard InChI is InChI=1S/C25H23Cl2N5O2/c1-14-17(7-9-23(28)30-14)13-29-24(33)21(11-15-6-8-18(26)19(27)10-15)32-25(34)22-12-16-4-2-3-5-20(16)31-22/h2-10,12,21,31H,11,13H2,1H3,(H2,28,30)(H,29,33)(H,32,34)/t21-/m0/s1. The molecule has 0 aliphatic carbocycles. The maximum Gasteiger partial charge on any atom is 0.268 e. The predicted molar refractivity (Wildman–Crippen MR) is 135 cm³/mol. The van der Waals surface area contributed by atoms with Gasteiger partial charge < -0.3 is 21.4 Å². The zero-order valence-electron chi connectivity index (χ0n) is 18.4. The summed E-state index contributed by atoms with van der Waals surface area (Å²) in [6.07, 6.45) is 0.230. The first-order chi connectivity index (χ1) is 16.3. The molecule has 9 heteroatoms. The number of carbonyl (C=O) groups excluding carboxylic acids is 2. The summed E-state index contributed by atoms with van der Waals surface area (Å²) >= 11 is 12.2. The molecule has 4 aromatic rings. The fourth-order valence-corrected chi connectivity index (χ4v) is 3.97. The summed E-state index contributed by atoms with van der Waals surface area (Å²) in [5.41, 5.74) is 9.23. The number of aryl methyl sites for hydroxylation is 1. The van der Waals surface area contributed by atoms with Crippen molar-refractivity contribution in [2.75, 3.05) is 5.73 Å². The summed E-state index contributed by atoms with van der Waals surface area (Å²) in [7, 11) is 0.